The Balaban J connectivity index is 1.40. The molecule has 2 heteroatoms. The van der Waals surface area contributed by atoms with Crippen LogP contribution in [-0.2, 0) is 11.8 Å². The maximum Gasteiger partial charge on any atom is 0.0548 e. The highest BCUT2D eigenvalue weighted by Gasteiger charge is 2.56. The fourth-order valence-corrected chi connectivity index (χ4v) is 9.04. The Morgan fingerprint density at radius 2 is 1.63 bits per heavy atom. The van der Waals surface area contributed by atoms with Crippen LogP contribution in [0.15, 0.2) is 127 Å². The van der Waals surface area contributed by atoms with Gasteiger partial charge >= 0.3 is 0 Å². The molecule has 0 bridgehead atoms. The summed E-state index contributed by atoms with van der Waals surface area (Å²) in [5.74, 6) is 1.29. The second-order valence-electron chi connectivity index (χ2n) is 12.6. The highest BCUT2D eigenvalue weighted by atomic mass is 15.0. The Morgan fingerprint density at radius 1 is 0.829 bits per heavy atom. The van der Waals surface area contributed by atoms with Gasteiger partial charge in [-0.1, -0.05) is 116 Å². The van der Waals surface area contributed by atoms with E-state index in [0.717, 1.165) is 12.8 Å². The molecule has 5 aliphatic rings. The fraction of sp³-hybridized carbons (Fsp3) is 0.231. The molecule has 41 heavy (non-hydrogen) atoms. The van der Waals surface area contributed by atoms with E-state index < -0.39 is 0 Å². The van der Waals surface area contributed by atoms with Gasteiger partial charge in [-0.15, -0.1) is 0 Å². The zero-order valence-corrected chi connectivity index (χ0v) is 23.3. The number of nitrogens with one attached hydrogen (secondary N) is 2. The van der Waals surface area contributed by atoms with Crippen molar-refractivity contribution in [1.29, 1.82) is 0 Å². The molecule has 6 unspecified atom stereocenters. The molecule has 0 radical (unpaired) electrons. The fourth-order valence-electron chi connectivity index (χ4n) is 9.04. The van der Waals surface area contributed by atoms with E-state index in [1.807, 2.05) is 0 Å². The van der Waals surface area contributed by atoms with Crippen molar-refractivity contribution in [2.75, 3.05) is 0 Å². The number of hydrogen-bond acceptors (Lipinski definition) is 1. The zero-order chi connectivity index (χ0) is 27.1. The summed E-state index contributed by atoms with van der Waals surface area (Å²) in [6, 6.07) is 27.8. The molecule has 3 aromatic carbocycles. The zero-order valence-electron chi connectivity index (χ0n) is 23.3. The summed E-state index contributed by atoms with van der Waals surface area (Å²) in [6.07, 6.45) is 21.1. The number of rotatable bonds is 2. The van der Waals surface area contributed by atoms with E-state index in [4.69, 9.17) is 0 Å². The number of allylic oxidation sites excluding steroid dienone is 5. The summed E-state index contributed by atoms with van der Waals surface area (Å²) in [4.78, 5) is 3.85. The van der Waals surface area contributed by atoms with Gasteiger partial charge in [0.2, 0.25) is 0 Å². The molecule has 2 heterocycles. The second-order valence-corrected chi connectivity index (χ2v) is 12.6. The lowest BCUT2D eigenvalue weighted by molar-refractivity contribution is 0.252. The summed E-state index contributed by atoms with van der Waals surface area (Å²) in [5.41, 5.74) is 12.6. The monoisotopic (exact) mass is 530 g/mol. The van der Waals surface area contributed by atoms with E-state index in [0.29, 0.717) is 23.8 Å². The topological polar surface area (TPSA) is 27.8 Å². The van der Waals surface area contributed by atoms with Crippen LogP contribution in [0.5, 0.6) is 0 Å². The maximum atomic E-state index is 3.90. The summed E-state index contributed by atoms with van der Waals surface area (Å²) in [5, 5.41) is 5.33. The summed E-state index contributed by atoms with van der Waals surface area (Å²) < 4.78 is 0. The van der Waals surface area contributed by atoms with Crippen LogP contribution < -0.4 is 5.32 Å². The first-order valence-electron chi connectivity index (χ1n) is 15.2. The van der Waals surface area contributed by atoms with Gasteiger partial charge < -0.3 is 10.3 Å². The smallest absolute Gasteiger partial charge is 0.0548 e. The number of H-pyrrole nitrogens is 1. The number of fused-ring (bicyclic) bond motifs is 9. The van der Waals surface area contributed by atoms with Gasteiger partial charge in [0.05, 0.1) is 6.04 Å². The van der Waals surface area contributed by atoms with Crippen molar-refractivity contribution in [1.82, 2.24) is 10.3 Å². The molecule has 2 N–H and O–H groups in total. The minimum absolute atomic E-state index is 0.194. The Morgan fingerprint density at radius 3 is 2.49 bits per heavy atom. The summed E-state index contributed by atoms with van der Waals surface area (Å²) >= 11 is 0. The molecule has 200 valence electrons. The Hall–Kier alpha value is -4.30. The predicted octanol–water partition coefficient (Wildman–Crippen LogP) is 8.35. The van der Waals surface area contributed by atoms with E-state index in [-0.39, 0.29) is 11.3 Å². The molecule has 0 spiro atoms. The summed E-state index contributed by atoms with van der Waals surface area (Å²) in [6.45, 7) is 2.54. The highest BCUT2D eigenvalue weighted by Crippen LogP contribution is 2.62. The number of hydrogen-bond donors (Lipinski definition) is 2. The van der Waals surface area contributed by atoms with Crippen molar-refractivity contribution in [2.45, 2.75) is 37.1 Å². The third kappa shape index (κ3) is 3.14. The van der Waals surface area contributed by atoms with Gasteiger partial charge in [0, 0.05) is 51.0 Å². The quantitative estimate of drug-likeness (QED) is 0.268. The SMILES string of the molecule is CC1(c2ccccc2)c2ccc3[nH]c4c(c3c2C(c2ccccc2)C2C=CC3=C(C5C=CC=CC5N3)C21)C=CCC4. The van der Waals surface area contributed by atoms with Crippen molar-refractivity contribution < 1.29 is 0 Å². The molecular formula is C39H34N2. The first-order valence-corrected chi connectivity index (χ1v) is 15.2. The first kappa shape index (κ1) is 23.4. The standard InChI is InChI=1S/C39H34N2/c1-39(25-14-6-3-7-15-25)29-21-23-32-35(26-16-8-10-18-30(26)40-32)37(29)34(24-12-4-2-5-13-24)28-20-22-33-36(38(28)39)27-17-9-11-19-31(27)41-33/h2-9,11-17,19-23,27-28,31,34,38,40-41H,10,18H2,1H3. The van der Waals surface area contributed by atoms with Crippen LogP contribution in [0.3, 0.4) is 0 Å². The van der Waals surface area contributed by atoms with Crippen molar-refractivity contribution in [3.05, 3.63) is 160 Å². The Bertz CT molecular complexity index is 1850. The molecule has 6 atom stereocenters. The molecule has 4 aliphatic carbocycles. The van der Waals surface area contributed by atoms with E-state index in [1.165, 1.54) is 50.1 Å². The minimum Gasteiger partial charge on any atom is -0.378 e. The van der Waals surface area contributed by atoms with Crippen molar-refractivity contribution in [3.8, 4) is 0 Å². The van der Waals surface area contributed by atoms with Crippen molar-refractivity contribution in [3.63, 3.8) is 0 Å². The highest BCUT2D eigenvalue weighted by molar-refractivity contribution is 5.96. The Labute approximate surface area is 241 Å². The van der Waals surface area contributed by atoms with Crippen LogP contribution in [0.1, 0.15) is 52.8 Å². The Kier molecular flexibility index (Phi) is 4.91. The second kappa shape index (κ2) is 8.60. The molecule has 0 saturated carbocycles. The first-order chi connectivity index (χ1) is 20.2. The van der Waals surface area contributed by atoms with Gasteiger partial charge in [0.15, 0.2) is 0 Å². The van der Waals surface area contributed by atoms with E-state index in [9.17, 15) is 0 Å². The molecule has 0 amide bonds. The number of benzene rings is 3. The van der Waals surface area contributed by atoms with Crippen LogP contribution in [0.4, 0.5) is 0 Å². The molecule has 4 aromatic rings. The lowest BCUT2D eigenvalue weighted by Crippen LogP contribution is -2.47. The van der Waals surface area contributed by atoms with E-state index >= 15 is 0 Å². The lowest BCUT2D eigenvalue weighted by atomic mass is 9.49. The third-order valence-corrected chi connectivity index (χ3v) is 10.7. The average Bonchev–Trinajstić information content (AvgIpc) is 3.60. The molecule has 2 nitrogen and oxygen atoms in total. The number of aromatic amines is 1. The summed E-state index contributed by atoms with van der Waals surface area (Å²) in [7, 11) is 0. The lowest BCUT2D eigenvalue weighted by Gasteiger charge is -2.53. The maximum absolute atomic E-state index is 3.90. The van der Waals surface area contributed by atoms with Gasteiger partial charge in [-0.3, -0.25) is 0 Å². The van der Waals surface area contributed by atoms with Gasteiger partial charge in [-0.25, -0.2) is 0 Å². The predicted molar refractivity (Wildman–Crippen MR) is 169 cm³/mol. The molecule has 0 saturated heterocycles. The van der Waals surface area contributed by atoms with Crippen molar-refractivity contribution >= 4 is 17.0 Å². The minimum atomic E-state index is -0.194. The normalized spacial score (nSPS) is 30.4. The van der Waals surface area contributed by atoms with E-state index in [1.54, 1.807) is 5.57 Å². The van der Waals surface area contributed by atoms with Gasteiger partial charge in [-0.2, -0.15) is 0 Å². The largest absolute Gasteiger partial charge is 0.378 e. The number of aryl methyl sites for hydroxylation is 1. The van der Waals surface area contributed by atoms with Crippen LogP contribution in [-0.4, -0.2) is 11.0 Å². The van der Waals surface area contributed by atoms with Gasteiger partial charge in [-0.05, 0) is 58.7 Å². The molecule has 1 aliphatic heterocycles. The van der Waals surface area contributed by atoms with Gasteiger partial charge in [0.1, 0.15) is 0 Å². The van der Waals surface area contributed by atoms with E-state index in [2.05, 4.69) is 139 Å². The van der Waals surface area contributed by atoms with Crippen LogP contribution in [0.25, 0.3) is 17.0 Å². The van der Waals surface area contributed by atoms with Crippen LogP contribution >= 0.6 is 0 Å². The molecular weight excluding hydrogens is 496 g/mol. The third-order valence-electron chi connectivity index (χ3n) is 10.7. The van der Waals surface area contributed by atoms with Crippen molar-refractivity contribution in [2.24, 2.45) is 17.8 Å². The average molecular weight is 531 g/mol. The van der Waals surface area contributed by atoms with Crippen LogP contribution in [0, 0.1) is 17.8 Å². The van der Waals surface area contributed by atoms with Crippen LogP contribution in [0.2, 0.25) is 0 Å². The molecule has 9 rings (SSSR count). The molecule has 1 aromatic heterocycles. The van der Waals surface area contributed by atoms with Gasteiger partial charge in [0.25, 0.3) is 0 Å². The number of aromatic nitrogens is 1. The molecule has 0 fully saturated rings.